The minimum absolute atomic E-state index is 0.638. The van der Waals surface area contributed by atoms with Gasteiger partial charge in [-0.1, -0.05) is 23.7 Å². The molecule has 0 fully saturated rings. The highest BCUT2D eigenvalue weighted by atomic mass is 35.5. The summed E-state index contributed by atoms with van der Waals surface area (Å²) in [4.78, 5) is 0. The minimum Gasteiger partial charge on any atom is -0.497 e. The Bertz CT molecular complexity index is 529. The monoisotopic (exact) mass is 248 g/mol. The van der Waals surface area contributed by atoms with Gasteiger partial charge in [-0.3, -0.25) is 0 Å². The van der Waals surface area contributed by atoms with Crippen molar-refractivity contribution in [2.45, 2.75) is 0 Å². The van der Waals surface area contributed by atoms with Crippen LogP contribution in [0.5, 0.6) is 5.75 Å². The van der Waals surface area contributed by atoms with Crippen LogP contribution in [0.15, 0.2) is 42.5 Å². The van der Waals surface area contributed by atoms with E-state index in [4.69, 9.17) is 22.1 Å². The number of anilines is 3. The smallest absolute Gasteiger partial charge is 0.122 e. The molecule has 0 spiro atoms. The van der Waals surface area contributed by atoms with Gasteiger partial charge in [-0.2, -0.15) is 0 Å². The summed E-state index contributed by atoms with van der Waals surface area (Å²) in [5.41, 5.74) is 8.09. The van der Waals surface area contributed by atoms with Gasteiger partial charge in [-0.25, -0.2) is 0 Å². The van der Waals surface area contributed by atoms with Crippen molar-refractivity contribution < 1.29 is 4.74 Å². The first-order valence-electron chi connectivity index (χ1n) is 5.15. The van der Waals surface area contributed by atoms with E-state index in [0.717, 1.165) is 11.4 Å². The standard InChI is InChI=1S/C13H13ClN2O/c1-17-11-7-9(15)6-10(8-11)16-13-5-3-2-4-12(13)14/h2-8,16H,15H2,1H3. The molecule has 2 aromatic carbocycles. The zero-order valence-corrected chi connectivity index (χ0v) is 10.2. The first-order chi connectivity index (χ1) is 8.19. The van der Waals surface area contributed by atoms with E-state index in [2.05, 4.69) is 5.32 Å². The molecule has 3 N–H and O–H groups in total. The minimum atomic E-state index is 0.638. The van der Waals surface area contributed by atoms with E-state index in [9.17, 15) is 0 Å². The number of para-hydroxylation sites is 1. The number of ether oxygens (including phenoxy) is 1. The van der Waals surface area contributed by atoms with Crippen molar-refractivity contribution in [3.8, 4) is 5.75 Å². The highest BCUT2D eigenvalue weighted by Crippen LogP contribution is 2.28. The highest BCUT2D eigenvalue weighted by Gasteiger charge is 2.02. The van der Waals surface area contributed by atoms with Crippen molar-refractivity contribution >= 4 is 28.7 Å². The highest BCUT2D eigenvalue weighted by molar-refractivity contribution is 6.33. The third-order valence-corrected chi connectivity index (χ3v) is 2.65. The first-order valence-corrected chi connectivity index (χ1v) is 5.53. The molecule has 88 valence electrons. The van der Waals surface area contributed by atoms with Crippen LogP contribution in [0.4, 0.5) is 17.1 Å². The van der Waals surface area contributed by atoms with Crippen LogP contribution in [0.2, 0.25) is 5.02 Å². The van der Waals surface area contributed by atoms with Gasteiger partial charge >= 0.3 is 0 Å². The van der Waals surface area contributed by atoms with Gasteiger partial charge in [0.25, 0.3) is 0 Å². The van der Waals surface area contributed by atoms with Crippen LogP contribution >= 0.6 is 11.6 Å². The zero-order chi connectivity index (χ0) is 12.3. The quantitative estimate of drug-likeness (QED) is 0.815. The molecule has 4 heteroatoms. The van der Waals surface area contributed by atoms with Crippen LogP contribution < -0.4 is 15.8 Å². The van der Waals surface area contributed by atoms with Gasteiger partial charge < -0.3 is 15.8 Å². The third kappa shape index (κ3) is 2.82. The molecule has 0 atom stereocenters. The lowest BCUT2D eigenvalue weighted by Crippen LogP contribution is -1.94. The number of halogens is 1. The molecule has 0 radical (unpaired) electrons. The van der Waals surface area contributed by atoms with Crippen molar-refractivity contribution in [1.29, 1.82) is 0 Å². The number of hydrogen-bond acceptors (Lipinski definition) is 3. The molecular formula is C13H13ClN2O. The van der Waals surface area contributed by atoms with Gasteiger partial charge in [0.1, 0.15) is 5.75 Å². The number of benzene rings is 2. The van der Waals surface area contributed by atoms with Gasteiger partial charge in [0.05, 0.1) is 17.8 Å². The Labute approximate surface area is 105 Å². The molecule has 0 saturated carbocycles. The van der Waals surface area contributed by atoms with Crippen LogP contribution in [-0.2, 0) is 0 Å². The SMILES string of the molecule is COc1cc(N)cc(Nc2ccccc2Cl)c1. The lowest BCUT2D eigenvalue weighted by Gasteiger charge is -2.10. The second-order valence-corrected chi connectivity index (χ2v) is 4.01. The Kier molecular flexibility index (Phi) is 3.40. The van der Waals surface area contributed by atoms with Gasteiger partial charge in [-0.15, -0.1) is 0 Å². The normalized spacial score (nSPS) is 10.0. The molecule has 0 amide bonds. The van der Waals surface area contributed by atoms with E-state index in [1.54, 1.807) is 13.2 Å². The Balaban J connectivity index is 2.30. The van der Waals surface area contributed by atoms with Crippen LogP contribution in [0, 0.1) is 0 Å². The van der Waals surface area contributed by atoms with E-state index >= 15 is 0 Å². The summed E-state index contributed by atoms with van der Waals surface area (Å²) in [6.45, 7) is 0. The Morgan fingerprint density at radius 1 is 1.18 bits per heavy atom. The van der Waals surface area contributed by atoms with E-state index in [1.807, 2.05) is 36.4 Å². The van der Waals surface area contributed by atoms with Gasteiger partial charge in [-0.05, 0) is 18.2 Å². The van der Waals surface area contributed by atoms with E-state index in [-0.39, 0.29) is 0 Å². The molecule has 0 saturated heterocycles. The van der Waals surface area contributed by atoms with Crippen LogP contribution in [0.3, 0.4) is 0 Å². The van der Waals surface area contributed by atoms with E-state index < -0.39 is 0 Å². The fourth-order valence-corrected chi connectivity index (χ4v) is 1.71. The molecule has 2 rings (SSSR count). The van der Waals surface area contributed by atoms with Crippen molar-refractivity contribution in [1.82, 2.24) is 0 Å². The summed E-state index contributed by atoms with van der Waals surface area (Å²) in [6, 6.07) is 13.0. The summed E-state index contributed by atoms with van der Waals surface area (Å²) < 4.78 is 5.15. The van der Waals surface area contributed by atoms with E-state index in [0.29, 0.717) is 16.5 Å². The fraction of sp³-hybridized carbons (Fsp3) is 0.0769. The summed E-state index contributed by atoms with van der Waals surface area (Å²) in [5.74, 6) is 0.708. The van der Waals surface area contributed by atoms with Crippen molar-refractivity contribution in [2.75, 3.05) is 18.2 Å². The number of methoxy groups -OCH3 is 1. The van der Waals surface area contributed by atoms with Crippen LogP contribution in [0.1, 0.15) is 0 Å². The molecule has 0 heterocycles. The molecule has 3 nitrogen and oxygen atoms in total. The summed E-state index contributed by atoms with van der Waals surface area (Å²) in [7, 11) is 1.61. The van der Waals surface area contributed by atoms with Crippen molar-refractivity contribution in [3.63, 3.8) is 0 Å². The molecule has 0 aromatic heterocycles. The largest absolute Gasteiger partial charge is 0.497 e. The van der Waals surface area contributed by atoms with Gasteiger partial charge in [0.2, 0.25) is 0 Å². The molecule has 0 aliphatic heterocycles. The lowest BCUT2D eigenvalue weighted by molar-refractivity contribution is 0.415. The number of hydrogen-bond donors (Lipinski definition) is 2. The molecular weight excluding hydrogens is 236 g/mol. The molecule has 0 bridgehead atoms. The Hall–Kier alpha value is -1.87. The van der Waals surface area contributed by atoms with Crippen molar-refractivity contribution in [3.05, 3.63) is 47.5 Å². The molecule has 2 aromatic rings. The number of rotatable bonds is 3. The third-order valence-electron chi connectivity index (χ3n) is 2.32. The Morgan fingerprint density at radius 2 is 1.94 bits per heavy atom. The zero-order valence-electron chi connectivity index (χ0n) is 9.41. The summed E-state index contributed by atoms with van der Waals surface area (Å²) in [5, 5.41) is 3.86. The Morgan fingerprint density at radius 3 is 2.65 bits per heavy atom. The van der Waals surface area contributed by atoms with E-state index in [1.165, 1.54) is 0 Å². The average molecular weight is 249 g/mol. The average Bonchev–Trinajstić information content (AvgIpc) is 2.31. The number of nitrogen functional groups attached to an aromatic ring is 1. The number of nitrogens with one attached hydrogen (secondary N) is 1. The van der Waals surface area contributed by atoms with Gasteiger partial charge in [0, 0.05) is 23.5 Å². The predicted octanol–water partition coefficient (Wildman–Crippen LogP) is 3.67. The topological polar surface area (TPSA) is 47.3 Å². The maximum atomic E-state index is 6.06. The van der Waals surface area contributed by atoms with Crippen LogP contribution in [0.25, 0.3) is 0 Å². The maximum Gasteiger partial charge on any atom is 0.122 e. The predicted molar refractivity (Wildman–Crippen MR) is 72.1 cm³/mol. The molecule has 0 aliphatic carbocycles. The molecule has 0 aliphatic rings. The maximum absolute atomic E-state index is 6.06. The first kappa shape index (κ1) is 11.6. The summed E-state index contributed by atoms with van der Waals surface area (Å²) in [6.07, 6.45) is 0. The lowest BCUT2D eigenvalue weighted by atomic mass is 10.2. The molecule has 0 unspecified atom stereocenters. The second-order valence-electron chi connectivity index (χ2n) is 3.60. The second kappa shape index (κ2) is 4.97. The fourth-order valence-electron chi connectivity index (χ4n) is 1.53. The van der Waals surface area contributed by atoms with Crippen LogP contribution in [-0.4, -0.2) is 7.11 Å². The van der Waals surface area contributed by atoms with Crippen molar-refractivity contribution in [2.24, 2.45) is 0 Å². The summed E-state index contributed by atoms with van der Waals surface area (Å²) >= 11 is 6.06. The van der Waals surface area contributed by atoms with Gasteiger partial charge in [0.15, 0.2) is 0 Å². The molecule has 17 heavy (non-hydrogen) atoms. The number of nitrogens with two attached hydrogens (primary N) is 1.